The molecule has 7 nitrogen and oxygen atoms in total. The van der Waals surface area contributed by atoms with Gasteiger partial charge in [0.15, 0.2) is 0 Å². The van der Waals surface area contributed by atoms with Crippen LogP contribution in [0.1, 0.15) is 23.2 Å². The normalized spacial score (nSPS) is 17.5. The van der Waals surface area contributed by atoms with E-state index < -0.39 is 5.97 Å². The molecule has 1 saturated carbocycles. The SMILES string of the molecule is COC(=O)c1cc(Cl)cc(Cl)c1NC(=O)CN1CCN(C(=O)C2CC2)CC1. The van der Waals surface area contributed by atoms with Crippen molar-refractivity contribution in [1.82, 2.24) is 9.80 Å². The minimum atomic E-state index is -0.637. The van der Waals surface area contributed by atoms with Crippen LogP contribution in [0.2, 0.25) is 10.0 Å². The smallest absolute Gasteiger partial charge is 0.340 e. The molecule has 1 aromatic rings. The molecule has 0 atom stereocenters. The van der Waals surface area contributed by atoms with Crippen molar-refractivity contribution in [3.05, 3.63) is 27.7 Å². The number of nitrogens with one attached hydrogen (secondary N) is 1. The first kappa shape index (κ1) is 19.9. The summed E-state index contributed by atoms with van der Waals surface area (Å²) in [4.78, 5) is 40.3. The molecule has 1 heterocycles. The van der Waals surface area contributed by atoms with Gasteiger partial charge in [-0.2, -0.15) is 0 Å². The zero-order valence-electron chi connectivity index (χ0n) is 15.0. The molecule has 2 fully saturated rings. The summed E-state index contributed by atoms with van der Waals surface area (Å²) >= 11 is 12.1. The largest absolute Gasteiger partial charge is 0.465 e. The van der Waals surface area contributed by atoms with Gasteiger partial charge < -0.3 is 15.0 Å². The second kappa shape index (κ2) is 8.46. The van der Waals surface area contributed by atoms with Crippen molar-refractivity contribution in [2.45, 2.75) is 12.8 Å². The molecular weight excluding hydrogens is 393 g/mol. The Morgan fingerprint density at radius 3 is 2.41 bits per heavy atom. The summed E-state index contributed by atoms with van der Waals surface area (Å²) in [5.41, 5.74) is 0.281. The van der Waals surface area contributed by atoms with Crippen molar-refractivity contribution in [2.24, 2.45) is 5.92 Å². The molecule has 1 aromatic carbocycles. The summed E-state index contributed by atoms with van der Waals surface area (Å²) in [6.07, 6.45) is 1.98. The maximum atomic E-state index is 12.4. The van der Waals surface area contributed by atoms with Crippen LogP contribution in [0.5, 0.6) is 0 Å². The number of ether oxygens (including phenoxy) is 1. The maximum Gasteiger partial charge on any atom is 0.340 e. The van der Waals surface area contributed by atoms with Crippen LogP contribution < -0.4 is 5.32 Å². The van der Waals surface area contributed by atoms with E-state index in [1.165, 1.54) is 19.2 Å². The Morgan fingerprint density at radius 2 is 1.81 bits per heavy atom. The van der Waals surface area contributed by atoms with Gasteiger partial charge in [0.05, 0.1) is 29.9 Å². The Hall–Kier alpha value is -1.83. The topological polar surface area (TPSA) is 79.0 Å². The minimum Gasteiger partial charge on any atom is -0.465 e. The summed E-state index contributed by atoms with van der Waals surface area (Å²) in [6.45, 7) is 2.65. The third-order valence-corrected chi connectivity index (χ3v) is 5.22. The van der Waals surface area contributed by atoms with Crippen LogP contribution in [0, 0.1) is 5.92 Å². The molecule has 0 spiro atoms. The van der Waals surface area contributed by atoms with Crippen LogP contribution in [-0.2, 0) is 14.3 Å². The highest BCUT2D eigenvalue weighted by Gasteiger charge is 2.34. The zero-order valence-corrected chi connectivity index (χ0v) is 16.5. The monoisotopic (exact) mass is 413 g/mol. The number of rotatable bonds is 5. The Morgan fingerprint density at radius 1 is 1.15 bits per heavy atom. The van der Waals surface area contributed by atoms with E-state index in [-0.39, 0.29) is 45.6 Å². The molecule has 0 unspecified atom stereocenters. The van der Waals surface area contributed by atoms with Crippen LogP contribution >= 0.6 is 23.2 Å². The standard InChI is InChI=1S/C18H21Cl2N3O4/c1-27-18(26)13-8-12(19)9-14(20)16(13)21-15(24)10-22-4-6-23(7-5-22)17(25)11-2-3-11/h8-9,11H,2-7,10H2,1H3,(H,21,24). The first-order chi connectivity index (χ1) is 12.9. The van der Waals surface area contributed by atoms with Gasteiger partial charge in [-0.15, -0.1) is 0 Å². The van der Waals surface area contributed by atoms with Crippen molar-refractivity contribution in [3.8, 4) is 0 Å². The van der Waals surface area contributed by atoms with Crippen molar-refractivity contribution in [1.29, 1.82) is 0 Å². The number of esters is 1. The van der Waals surface area contributed by atoms with Crippen LogP contribution in [-0.4, -0.2) is 67.4 Å². The van der Waals surface area contributed by atoms with Crippen molar-refractivity contribution in [3.63, 3.8) is 0 Å². The summed E-state index contributed by atoms with van der Waals surface area (Å²) in [6, 6.07) is 2.85. The van der Waals surface area contributed by atoms with Crippen LogP contribution in [0.25, 0.3) is 0 Å². The molecule has 2 amide bonds. The summed E-state index contributed by atoms with van der Waals surface area (Å²) in [5, 5.41) is 3.11. The quantitative estimate of drug-likeness (QED) is 0.748. The molecule has 1 saturated heterocycles. The number of carbonyl (C=O) groups excluding carboxylic acids is 3. The summed E-state index contributed by atoms with van der Waals surface area (Å²) in [5.74, 6) is -0.494. The van der Waals surface area contributed by atoms with E-state index in [9.17, 15) is 14.4 Å². The predicted octanol–water partition coefficient (Wildman–Crippen LogP) is 2.27. The van der Waals surface area contributed by atoms with Gasteiger partial charge in [0.25, 0.3) is 0 Å². The number of halogens is 2. The molecule has 9 heteroatoms. The van der Waals surface area contributed by atoms with Gasteiger partial charge in [-0.05, 0) is 25.0 Å². The summed E-state index contributed by atoms with van der Waals surface area (Å²) < 4.78 is 4.72. The fourth-order valence-electron chi connectivity index (χ4n) is 3.07. The molecular formula is C18H21Cl2N3O4. The highest BCUT2D eigenvalue weighted by molar-refractivity contribution is 6.37. The highest BCUT2D eigenvalue weighted by atomic mass is 35.5. The average Bonchev–Trinajstić information content (AvgIpc) is 3.48. The van der Waals surface area contributed by atoms with E-state index >= 15 is 0 Å². The second-order valence-corrected chi connectivity index (χ2v) is 7.57. The van der Waals surface area contributed by atoms with Crippen LogP contribution in [0.4, 0.5) is 5.69 Å². The Kier molecular flexibility index (Phi) is 6.24. The lowest BCUT2D eigenvalue weighted by atomic mass is 10.1. The zero-order chi connectivity index (χ0) is 19.6. The Bertz CT molecular complexity index is 759. The van der Waals surface area contributed by atoms with E-state index in [1.54, 1.807) is 0 Å². The minimum absolute atomic E-state index is 0.100. The average molecular weight is 414 g/mol. The molecule has 1 N–H and O–H groups in total. The van der Waals surface area contributed by atoms with Crippen molar-refractivity contribution < 1.29 is 19.1 Å². The fraction of sp³-hybridized carbons (Fsp3) is 0.500. The number of anilines is 1. The first-order valence-corrected chi connectivity index (χ1v) is 9.53. The summed E-state index contributed by atoms with van der Waals surface area (Å²) in [7, 11) is 1.24. The van der Waals surface area contributed by atoms with Crippen LogP contribution in [0.15, 0.2) is 12.1 Å². The highest BCUT2D eigenvalue weighted by Crippen LogP contribution is 2.32. The number of piperazine rings is 1. The van der Waals surface area contributed by atoms with Gasteiger partial charge in [-0.25, -0.2) is 4.79 Å². The molecule has 146 valence electrons. The number of amides is 2. The first-order valence-electron chi connectivity index (χ1n) is 8.77. The molecule has 3 rings (SSSR count). The van der Waals surface area contributed by atoms with Gasteiger partial charge in [-0.1, -0.05) is 23.2 Å². The lowest BCUT2D eigenvalue weighted by molar-refractivity contribution is -0.134. The molecule has 0 aromatic heterocycles. The van der Waals surface area contributed by atoms with Crippen LogP contribution in [0.3, 0.4) is 0 Å². The van der Waals surface area contributed by atoms with Gasteiger partial charge >= 0.3 is 5.97 Å². The van der Waals surface area contributed by atoms with E-state index in [0.717, 1.165) is 12.8 Å². The third kappa shape index (κ3) is 4.91. The van der Waals surface area contributed by atoms with Gasteiger partial charge in [0, 0.05) is 37.1 Å². The molecule has 1 aliphatic carbocycles. The second-order valence-electron chi connectivity index (χ2n) is 6.73. The lowest BCUT2D eigenvalue weighted by Crippen LogP contribution is -2.50. The number of hydrogen-bond acceptors (Lipinski definition) is 5. The molecule has 27 heavy (non-hydrogen) atoms. The van der Waals surface area contributed by atoms with E-state index in [0.29, 0.717) is 26.2 Å². The Balaban J connectivity index is 1.58. The Labute approximate surface area is 167 Å². The van der Waals surface area contributed by atoms with Gasteiger partial charge in [-0.3, -0.25) is 14.5 Å². The van der Waals surface area contributed by atoms with E-state index in [4.69, 9.17) is 27.9 Å². The fourth-order valence-corrected chi connectivity index (χ4v) is 3.61. The van der Waals surface area contributed by atoms with Gasteiger partial charge in [0.2, 0.25) is 11.8 Å². The number of hydrogen-bond donors (Lipinski definition) is 1. The van der Waals surface area contributed by atoms with E-state index in [2.05, 4.69) is 5.32 Å². The third-order valence-electron chi connectivity index (χ3n) is 4.70. The molecule has 0 bridgehead atoms. The van der Waals surface area contributed by atoms with E-state index in [1.807, 2.05) is 9.80 Å². The van der Waals surface area contributed by atoms with Crippen molar-refractivity contribution >= 4 is 46.7 Å². The van der Waals surface area contributed by atoms with Crippen molar-refractivity contribution in [2.75, 3.05) is 45.2 Å². The van der Waals surface area contributed by atoms with Gasteiger partial charge in [0.1, 0.15) is 0 Å². The number of benzene rings is 1. The molecule has 1 aliphatic heterocycles. The number of nitrogens with zero attached hydrogens (tertiary/aromatic N) is 2. The molecule has 0 radical (unpaired) electrons. The molecule has 2 aliphatic rings. The number of methoxy groups -OCH3 is 1. The lowest BCUT2D eigenvalue weighted by Gasteiger charge is -2.34. The number of carbonyl (C=O) groups is 3. The maximum absolute atomic E-state index is 12.4. The predicted molar refractivity (Wildman–Crippen MR) is 102 cm³/mol.